The highest BCUT2D eigenvalue weighted by atomic mass is 32.2. The van der Waals surface area contributed by atoms with Crippen molar-refractivity contribution in [2.45, 2.75) is 17.7 Å². The summed E-state index contributed by atoms with van der Waals surface area (Å²) in [6.45, 7) is 2.08. The van der Waals surface area contributed by atoms with Crippen LogP contribution in [0.1, 0.15) is 12.8 Å². The third-order valence-electron chi connectivity index (χ3n) is 4.78. The zero-order chi connectivity index (χ0) is 18.0. The van der Waals surface area contributed by atoms with Gasteiger partial charge in [-0.1, -0.05) is 30.3 Å². The monoisotopic (exact) mass is 371 g/mol. The van der Waals surface area contributed by atoms with Gasteiger partial charge in [0.1, 0.15) is 5.52 Å². The molecule has 6 nitrogen and oxygen atoms in total. The molecule has 0 aliphatic carbocycles. The van der Waals surface area contributed by atoms with Gasteiger partial charge in [-0.15, -0.1) is 0 Å². The second kappa shape index (κ2) is 7.09. The van der Waals surface area contributed by atoms with Crippen molar-refractivity contribution in [1.29, 1.82) is 0 Å². The van der Waals surface area contributed by atoms with E-state index in [2.05, 4.69) is 14.6 Å². The molecule has 26 heavy (non-hydrogen) atoms. The van der Waals surface area contributed by atoms with E-state index in [-0.39, 0.29) is 0 Å². The van der Waals surface area contributed by atoms with Crippen LogP contribution < -0.4 is 9.62 Å². The molecule has 0 radical (unpaired) electrons. The maximum Gasteiger partial charge on any atom is 0.298 e. The van der Waals surface area contributed by atoms with Crippen LogP contribution in [0.3, 0.4) is 0 Å². The average molecular weight is 371 g/mol. The number of oxazole rings is 1. The molecule has 1 aliphatic rings. The topological polar surface area (TPSA) is 75.4 Å². The highest BCUT2D eigenvalue weighted by molar-refractivity contribution is 7.89. The van der Waals surface area contributed by atoms with Gasteiger partial charge in [0.25, 0.3) is 6.01 Å². The molecular weight excluding hydrogens is 350 g/mol. The highest BCUT2D eigenvalue weighted by Crippen LogP contribution is 2.26. The predicted octanol–water partition coefficient (Wildman–Crippen LogP) is 3.02. The number of piperidine rings is 1. The summed E-state index contributed by atoms with van der Waals surface area (Å²) in [4.78, 5) is 6.97. The molecule has 7 heteroatoms. The quantitative estimate of drug-likeness (QED) is 0.746. The van der Waals surface area contributed by atoms with Crippen molar-refractivity contribution in [1.82, 2.24) is 9.71 Å². The second-order valence-electron chi connectivity index (χ2n) is 6.56. The zero-order valence-electron chi connectivity index (χ0n) is 14.3. The number of anilines is 1. The summed E-state index contributed by atoms with van der Waals surface area (Å²) in [5.74, 6) is 0.314. The van der Waals surface area contributed by atoms with Gasteiger partial charge in [0.15, 0.2) is 5.58 Å². The molecule has 2 aromatic carbocycles. The van der Waals surface area contributed by atoms with E-state index in [0.717, 1.165) is 37.0 Å². The molecule has 0 unspecified atom stereocenters. The SMILES string of the molecule is O=S(=O)(NCC1CCN(c2nc3ccccc3o2)CC1)c1ccccc1. The number of aromatic nitrogens is 1. The van der Waals surface area contributed by atoms with Crippen LogP contribution in [0.2, 0.25) is 0 Å². The summed E-state index contributed by atoms with van der Waals surface area (Å²) >= 11 is 0. The van der Waals surface area contributed by atoms with Crippen molar-refractivity contribution >= 4 is 27.1 Å². The predicted molar refractivity (Wildman–Crippen MR) is 101 cm³/mol. The molecule has 0 saturated carbocycles. The molecule has 136 valence electrons. The van der Waals surface area contributed by atoms with E-state index in [1.807, 2.05) is 24.3 Å². The van der Waals surface area contributed by atoms with Crippen molar-refractivity contribution in [2.75, 3.05) is 24.5 Å². The van der Waals surface area contributed by atoms with Crippen LogP contribution in [0.5, 0.6) is 0 Å². The molecule has 1 fully saturated rings. The van der Waals surface area contributed by atoms with E-state index in [0.29, 0.717) is 23.4 Å². The van der Waals surface area contributed by atoms with Gasteiger partial charge >= 0.3 is 0 Å². The first-order valence-electron chi connectivity index (χ1n) is 8.77. The van der Waals surface area contributed by atoms with Gasteiger partial charge in [0, 0.05) is 19.6 Å². The molecule has 2 heterocycles. The Hall–Kier alpha value is -2.38. The molecule has 4 rings (SSSR count). The molecule has 3 aromatic rings. The van der Waals surface area contributed by atoms with Crippen LogP contribution in [-0.4, -0.2) is 33.0 Å². The summed E-state index contributed by atoms with van der Waals surface area (Å²) in [5.41, 5.74) is 1.65. The molecule has 1 N–H and O–H groups in total. The van der Waals surface area contributed by atoms with E-state index in [9.17, 15) is 8.42 Å². The molecule has 0 amide bonds. The van der Waals surface area contributed by atoms with Crippen LogP contribution in [0.15, 0.2) is 63.9 Å². The van der Waals surface area contributed by atoms with Gasteiger partial charge in [0.05, 0.1) is 4.90 Å². The summed E-state index contributed by atoms with van der Waals surface area (Å²) < 4.78 is 33.2. The lowest BCUT2D eigenvalue weighted by Gasteiger charge is -2.30. The second-order valence-corrected chi connectivity index (χ2v) is 8.33. The zero-order valence-corrected chi connectivity index (χ0v) is 15.2. The van der Waals surface area contributed by atoms with Crippen molar-refractivity contribution in [2.24, 2.45) is 5.92 Å². The summed E-state index contributed by atoms with van der Waals surface area (Å²) in [7, 11) is -3.44. The molecule has 1 saturated heterocycles. The Morgan fingerprint density at radius 1 is 1.04 bits per heavy atom. The van der Waals surface area contributed by atoms with Crippen LogP contribution >= 0.6 is 0 Å². The third-order valence-corrected chi connectivity index (χ3v) is 6.22. The first-order valence-corrected chi connectivity index (χ1v) is 10.3. The number of fused-ring (bicyclic) bond motifs is 1. The molecule has 0 atom stereocenters. The Balaban J connectivity index is 1.34. The van der Waals surface area contributed by atoms with Crippen LogP contribution in [0, 0.1) is 5.92 Å². The fraction of sp³-hybridized carbons (Fsp3) is 0.316. The first kappa shape index (κ1) is 17.1. The molecule has 0 spiro atoms. The number of rotatable bonds is 5. The lowest BCUT2D eigenvalue weighted by atomic mass is 9.97. The lowest BCUT2D eigenvalue weighted by molar-refractivity contribution is 0.387. The Labute approximate surface area is 152 Å². The normalized spacial score (nSPS) is 16.2. The Morgan fingerprint density at radius 3 is 2.46 bits per heavy atom. The van der Waals surface area contributed by atoms with E-state index in [4.69, 9.17) is 4.42 Å². The van der Waals surface area contributed by atoms with Crippen LogP contribution in [-0.2, 0) is 10.0 Å². The summed E-state index contributed by atoms with van der Waals surface area (Å²) in [6.07, 6.45) is 1.80. The largest absolute Gasteiger partial charge is 0.423 e. The van der Waals surface area contributed by atoms with E-state index in [1.165, 1.54) is 0 Å². The Kier molecular flexibility index (Phi) is 4.65. The maximum atomic E-state index is 12.3. The van der Waals surface area contributed by atoms with Crippen molar-refractivity contribution < 1.29 is 12.8 Å². The number of nitrogens with zero attached hydrogens (tertiary/aromatic N) is 2. The van der Waals surface area contributed by atoms with Gasteiger partial charge in [-0.25, -0.2) is 13.1 Å². The number of hydrogen-bond acceptors (Lipinski definition) is 5. The van der Waals surface area contributed by atoms with Crippen molar-refractivity contribution in [3.8, 4) is 0 Å². The number of para-hydroxylation sites is 2. The van der Waals surface area contributed by atoms with Crippen LogP contribution in [0.25, 0.3) is 11.1 Å². The fourth-order valence-electron chi connectivity index (χ4n) is 3.23. The molecule has 1 aromatic heterocycles. The number of hydrogen-bond donors (Lipinski definition) is 1. The van der Waals surface area contributed by atoms with Crippen LogP contribution in [0.4, 0.5) is 6.01 Å². The lowest BCUT2D eigenvalue weighted by Crippen LogP contribution is -2.38. The molecule has 1 aliphatic heterocycles. The summed E-state index contributed by atoms with van der Waals surface area (Å²) in [6, 6.07) is 16.9. The van der Waals surface area contributed by atoms with Gasteiger partial charge in [0.2, 0.25) is 10.0 Å². The standard InChI is InChI=1S/C19H21N3O3S/c23-26(24,16-6-2-1-3-7-16)20-14-15-10-12-22(13-11-15)19-21-17-8-4-5-9-18(17)25-19/h1-9,15,20H,10-14H2. The van der Waals surface area contributed by atoms with E-state index in [1.54, 1.807) is 30.3 Å². The van der Waals surface area contributed by atoms with Gasteiger partial charge in [-0.05, 0) is 43.0 Å². The first-order chi connectivity index (χ1) is 12.6. The Morgan fingerprint density at radius 2 is 1.73 bits per heavy atom. The van der Waals surface area contributed by atoms with Crippen molar-refractivity contribution in [3.05, 3.63) is 54.6 Å². The van der Waals surface area contributed by atoms with Gasteiger partial charge in [-0.3, -0.25) is 0 Å². The van der Waals surface area contributed by atoms with Crippen molar-refractivity contribution in [3.63, 3.8) is 0 Å². The Bertz CT molecular complexity index is 944. The summed E-state index contributed by atoms with van der Waals surface area (Å²) in [5, 5.41) is 0. The highest BCUT2D eigenvalue weighted by Gasteiger charge is 2.24. The number of sulfonamides is 1. The molecular formula is C19H21N3O3S. The number of benzene rings is 2. The average Bonchev–Trinajstić information content (AvgIpc) is 3.12. The third kappa shape index (κ3) is 3.59. The minimum absolute atomic E-state index is 0.309. The fourth-order valence-corrected chi connectivity index (χ4v) is 4.37. The van der Waals surface area contributed by atoms with E-state index >= 15 is 0 Å². The maximum absolute atomic E-state index is 12.3. The minimum atomic E-state index is -3.44. The minimum Gasteiger partial charge on any atom is -0.423 e. The van der Waals surface area contributed by atoms with Gasteiger partial charge < -0.3 is 9.32 Å². The van der Waals surface area contributed by atoms with E-state index < -0.39 is 10.0 Å². The smallest absolute Gasteiger partial charge is 0.298 e. The van der Waals surface area contributed by atoms with Gasteiger partial charge in [-0.2, -0.15) is 4.98 Å². The molecule has 0 bridgehead atoms. The number of nitrogens with one attached hydrogen (secondary N) is 1.